The van der Waals surface area contributed by atoms with Gasteiger partial charge in [0, 0.05) is 19.5 Å². The van der Waals surface area contributed by atoms with Crippen molar-refractivity contribution in [2.75, 3.05) is 13.1 Å². The fourth-order valence-electron chi connectivity index (χ4n) is 3.78. The number of rotatable bonds is 16. The molecule has 216 valence electrons. The van der Waals surface area contributed by atoms with E-state index in [0.717, 1.165) is 11.1 Å². The zero-order valence-corrected chi connectivity index (χ0v) is 22.1. The van der Waals surface area contributed by atoms with E-state index in [4.69, 9.17) is 22.3 Å². The SMILES string of the molecule is NC(N)=NCCC[C@@H](NC(=O)[C@@H](N)Cc1ccc(O)cc1)C(=O)N[C@@H](Cc1ccccc1)C(=O)NCCC(=O)O. The smallest absolute Gasteiger partial charge is 0.305 e. The third-order valence-electron chi connectivity index (χ3n) is 5.86. The lowest BCUT2D eigenvalue weighted by atomic mass is 10.0. The van der Waals surface area contributed by atoms with Crippen LogP contribution in [0.15, 0.2) is 59.6 Å². The summed E-state index contributed by atoms with van der Waals surface area (Å²) < 4.78 is 0. The van der Waals surface area contributed by atoms with Gasteiger partial charge in [-0.15, -0.1) is 0 Å². The molecule has 11 N–H and O–H groups in total. The number of aromatic hydroxyl groups is 1. The minimum atomic E-state index is -1.07. The van der Waals surface area contributed by atoms with E-state index in [1.165, 1.54) is 12.1 Å². The molecular weight excluding hydrogens is 518 g/mol. The third kappa shape index (κ3) is 11.8. The van der Waals surface area contributed by atoms with Gasteiger partial charge >= 0.3 is 5.97 Å². The lowest BCUT2D eigenvalue weighted by Crippen LogP contribution is -2.56. The number of nitrogens with one attached hydrogen (secondary N) is 3. The van der Waals surface area contributed by atoms with E-state index in [-0.39, 0.29) is 50.5 Å². The Labute approximate surface area is 232 Å². The van der Waals surface area contributed by atoms with Crippen LogP contribution in [0.3, 0.4) is 0 Å². The molecule has 3 atom stereocenters. The Morgan fingerprint density at radius 3 is 2.08 bits per heavy atom. The highest BCUT2D eigenvalue weighted by atomic mass is 16.4. The molecule has 3 amide bonds. The first-order valence-electron chi connectivity index (χ1n) is 12.8. The number of phenolic OH excluding ortho intramolecular Hbond substituents is 1. The number of amides is 3. The molecule has 0 saturated heterocycles. The number of carboxylic acids is 1. The van der Waals surface area contributed by atoms with Crippen molar-refractivity contribution < 1.29 is 29.4 Å². The highest BCUT2D eigenvalue weighted by Crippen LogP contribution is 2.11. The zero-order chi connectivity index (χ0) is 29.5. The molecule has 0 saturated carbocycles. The minimum absolute atomic E-state index is 0.0799. The van der Waals surface area contributed by atoms with Gasteiger partial charge in [-0.25, -0.2) is 0 Å². The number of hydrogen-bond acceptors (Lipinski definition) is 7. The number of aliphatic imine (C=N–C) groups is 1. The number of carboxylic acid groups (broad SMARTS) is 1. The van der Waals surface area contributed by atoms with Crippen LogP contribution in [0.25, 0.3) is 0 Å². The van der Waals surface area contributed by atoms with Crippen molar-refractivity contribution >= 4 is 29.7 Å². The number of phenols is 1. The summed E-state index contributed by atoms with van der Waals surface area (Å²) in [5.41, 5.74) is 18.3. The number of nitrogens with two attached hydrogens (primary N) is 3. The summed E-state index contributed by atoms with van der Waals surface area (Å²) >= 11 is 0. The summed E-state index contributed by atoms with van der Waals surface area (Å²) in [5, 5.41) is 26.2. The molecular formula is C27H37N7O6. The molecule has 0 aliphatic rings. The molecule has 2 rings (SSSR count). The zero-order valence-electron chi connectivity index (χ0n) is 22.1. The summed E-state index contributed by atoms with van der Waals surface area (Å²) in [6, 6.07) is 12.1. The second-order valence-corrected chi connectivity index (χ2v) is 9.17. The normalized spacial score (nSPS) is 12.8. The topological polar surface area (TPSA) is 235 Å². The van der Waals surface area contributed by atoms with Gasteiger partial charge in [0.2, 0.25) is 17.7 Å². The monoisotopic (exact) mass is 555 g/mol. The fraction of sp³-hybridized carbons (Fsp3) is 0.370. The average Bonchev–Trinajstić information content (AvgIpc) is 2.91. The molecule has 2 aromatic rings. The molecule has 0 radical (unpaired) electrons. The average molecular weight is 556 g/mol. The molecule has 40 heavy (non-hydrogen) atoms. The van der Waals surface area contributed by atoms with Gasteiger partial charge in [0.1, 0.15) is 17.8 Å². The summed E-state index contributed by atoms with van der Waals surface area (Å²) in [5.74, 6) is -2.87. The predicted molar refractivity (Wildman–Crippen MR) is 149 cm³/mol. The summed E-state index contributed by atoms with van der Waals surface area (Å²) in [6.45, 7) is 0.102. The van der Waals surface area contributed by atoms with Gasteiger partial charge < -0.3 is 43.4 Å². The molecule has 13 nitrogen and oxygen atoms in total. The van der Waals surface area contributed by atoms with Crippen LogP contribution in [0.4, 0.5) is 0 Å². The first kappa shape index (κ1) is 31.6. The van der Waals surface area contributed by atoms with Gasteiger partial charge in [0.15, 0.2) is 5.96 Å². The Kier molecular flexibility index (Phi) is 12.9. The number of hydrogen-bond donors (Lipinski definition) is 8. The van der Waals surface area contributed by atoms with Crippen molar-refractivity contribution in [3.63, 3.8) is 0 Å². The molecule has 0 aliphatic heterocycles. The fourth-order valence-corrected chi connectivity index (χ4v) is 3.78. The predicted octanol–water partition coefficient (Wildman–Crippen LogP) is -0.881. The highest BCUT2D eigenvalue weighted by molar-refractivity contribution is 5.93. The first-order chi connectivity index (χ1) is 19.0. The van der Waals surface area contributed by atoms with E-state index >= 15 is 0 Å². The third-order valence-corrected chi connectivity index (χ3v) is 5.86. The van der Waals surface area contributed by atoms with E-state index in [1.54, 1.807) is 36.4 Å². The lowest BCUT2D eigenvalue weighted by Gasteiger charge is -2.24. The molecule has 0 bridgehead atoms. The number of guanidine groups is 1. The Bertz CT molecular complexity index is 1150. The van der Waals surface area contributed by atoms with Crippen LogP contribution < -0.4 is 33.2 Å². The van der Waals surface area contributed by atoms with Crippen molar-refractivity contribution in [3.8, 4) is 5.75 Å². The van der Waals surface area contributed by atoms with Crippen LogP contribution in [-0.2, 0) is 32.0 Å². The van der Waals surface area contributed by atoms with Crippen LogP contribution in [0.2, 0.25) is 0 Å². The number of nitrogens with zero attached hydrogens (tertiary/aromatic N) is 1. The van der Waals surface area contributed by atoms with E-state index < -0.39 is 41.8 Å². The molecule has 2 aromatic carbocycles. The van der Waals surface area contributed by atoms with Crippen molar-refractivity contribution in [2.24, 2.45) is 22.2 Å². The molecule has 0 spiro atoms. The summed E-state index contributed by atoms with van der Waals surface area (Å²) in [7, 11) is 0. The maximum Gasteiger partial charge on any atom is 0.305 e. The number of benzene rings is 2. The maximum atomic E-state index is 13.4. The van der Waals surface area contributed by atoms with Gasteiger partial charge in [-0.1, -0.05) is 42.5 Å². The van der Waals surface area contributed by atoms with Crippen molar-refractivity contribution in [1.82, 2.24) is 16.0 Å². The molecule has 0 fully saturated rings. The Morgan fingerprint density at radius 1 is 0.825 bits per heavy atom. The lowest BCUT2D eigenvalue weighted by molar-refractivity contribution is -0.137. The highest BCUT2D eigenvalue weighted by Gasteiger charge is 2.28. The maximum absolute atomic E-state index is 13.4. The molecule has 0 heterocycles. The minimum Gasteiger partial charge on any atom is -0.508 e. The summed E-state index contributed by atoms with van der Waals surface area (Å²) in [4.78, 5) is 53.9. The Hall–Kier alpha value is -4.65. The number of carbonyl (C=O) groups excluding carboxylic acids is 3. The first-order valence-corrected chi connectivity index (χ1v) is 12.8. The van der Waals surface area contributed by atoms with E-state index in [1.807, 2.05) is 6.07 Å². The van der Waals surface area contributed by atoms with Gasteiger partial charge in [-0.2, -0.15) is 0 Å². The molecule has 13 heteroatoms. The molecule has 0 aliphatic carbocycles. The molecule has 0 unspecified atom stereocenters. The van der Waals surface area contributed by atoms with Crippen LogP contribution in [0, 0.1) is 0 Å². The Balaban J connectivity index is 2.15. The molecule has 0 aromatic heterocycles. The van der Waals surface area contributed by atoms with Gasteiger partial charge in [0.05, 0.1) is 12.5 Å². The summed E-state index contributed by atoms with van der Waals surface area (Å²) in [6.07, 6.45) is 0.522. The van der Waals surface area contributed by atoms with Gasteiger partial charge in [-0.3, -0.25) is 24.2 Å². The standard InChI is InChI=1S/C27H37N7O6/c28-20(15-18-8-10-19(35)11-9-18)24(38)33-21(7-4-13-32-27(29)30)26(40)34-22(16-17-5-2-1-3-6-17)25(39)31-14-12-23(36)37/h1-3,5-6,8-11,20-22,35H,4,7,12-16,28H2,(H,31,39)(H,33,38)(H,34,40)(H,36,37)(H4,29,30,32)/t20-,21+,22-/m0/s1. The quantitative estimate of drug-likeness (QED) is 0.0728. The second-order valence-electron chi connectivity index (χ2n) is 9.17. The van der Waals surface area contributed by atoms with Crippen LogP contribution >= 0.6 is 0 Å². The Morgan fingerprint density at radius 2 is 1.45 bits per heavy atom. The number of carbonyl (C=O) groups is 4. The van der Waals surface area contributed by atoms with Crippen LogP contribution in [0.1, 0.15) is 30.4 Å². The van der Waals surface area contributed by atoms with Crippen LogP contribution in [0.5, 0.6) is 5.75 Å². The van der Waals surface area contributed by atoms with Gasteiger partial charge in [-0.05, 0) is 42.5 Å². The van der Waals surface area contributed by atoms with E-state index in [2.05, 4.69) is 20.9 Å². The largest absolute Gasteiger partial charge is 0.508 e. The van der Waals surface area contributed by atoms with Crippen molar-refractivity contribution in [1.29, 1.82) is 0 Å². The van der Waals surface area contributed by atoms with Crippen molar-refractivity contribution in [3.05, 3.63) is 65.7 Å². The second kappa shape index (κ2) is 16.3. The van der Waals surface area contributed by atoms with Crippen molar-refractivity contribution in [2.45, 2.75) is 50.2 Å². The van der Waals surface area contributed by atoms with Crippen LogP contribution in [-0.4, -0.2) is 71.1 Å². The number of aliphatic carboxylic acids is 1. The van der Waals surface area contributed by atoms with Gasteiger partial charge in [0.25, 0.3) is 0 Å². The van der Waals surface area contributed by atoms with E-state index in [0.29, 0.717) is 6.42 Å². The van der Waals surface area contributed by atoms with E-state index in [9.17, 15) is 24.3 Å².